The van der Waals surface area contributed by atoms with Crippen LogP contribution in [0.4, 0.5) is 5.69 Å². The van der Waals surface area contributed by atoms with E-state index in [0.29, 0.717) is 0 Å². The molecule has 0 radical (unpaired) electrons. The molecule has 2 rings (SSSR count). The summed E-state index contributed by atoms with van der Waals surface area (Å²) in [6.45, 7) is 4.07. The summed E-state index contributed by atoms with van der Waals surface area (Å²) >= 11 is 3.51. The maximum absolute atomic E-state index is 5.94. The molecular formula is C15H16BrNO. The van der Waals surface area contributed by atoms with Gasteiger partial charge in [-0.3, -0.25) is 0 Å². The van der Waals surface area contributed by atoms with Gasteiger partial charge in [0.2, 0.25) is 0 Å². The van der Waals surface area contributed by atoms with Gasteiger partial charge in [0.25, 0.3) is 0 Å². The van der Waals surface area contributed by atoms with Gasteiger partial charge >= 0.3 is 0 Å². The van der Waals surface area contributed by atoms with Gasteiger partial charge in [-0.05, 0) is 65.2 Å². The third-order valence-electron chi connectivity index (χ3n) is 2.77. The van der Waals surface area contributed by atoms with Crippen LogP contribution in [-0.4, -0.2) is 0 Å². The minimum Gasteiger partial charge on any atom is -0.485 e. The van der Waals surface area contributed by atoms with Crippen LogP contribution in [0.5, 0.6) is 5.75 Å². The molecule has 0 amide bonds. The van der Waals surface area contributed by atoms with Gasteiger partial charge in [0, 0.05) is 5.69 Å². The van der Waals surface area contributed by atoms with Crippen LogP contribution in [0.3, 0.4) is 0 Å². The fourth-order valence-electron chi connectivity index (χ4n) is 1.77. The zero-order valence-corrected chi connectivity index (χ0v) is 12.1. The fraction of sp³-hybridized carbons (Fsp3) is 0.200. The Morgan fingerprint density at radius 1 is 1.17 bits per heavy atom. The molecule has 0 saturated carbocycles. The second-order valence-electron chi connectivity index (χ2n) is 4.36. The number of aryl methyl sites for hydroxylation is 1. The van der Waals surface area contributed by atoms with E-state index in [-0.39, 0.29) is 6.10 Å². The molecule has 0 bridgehead atoms. The summed E-state index contributed by atoms with van der Waals surface area (Å²) in [4.78, 5) is 0. The van der Waals surface area contributed by atoms with Crippen LogP contribution in [0.15, 0.2) is 46.9 Å². The molecule has 0 spiro atoms. The van der Waals surface area contributed by atoms with Gasteiger partial charge in [-0.2, -0.15) is 0 Å². The third kappa shape index (κ3) is 3.05. The Labute approximate surface area is 116 Å². The lowest BCUT2D eigenvalue weighted by Gasteiger charge is -2.16. The van der Waals surface area contributed by atoms with Gasteiger partial charge < -0.3 is 10.5 Å². The van der Waals surface area contributed by atoms with Gasteiger partial charge in [0.15, 0.2) is 0 Å². The zero-order valence-electron chi connectivity index (χ0n) is 10.5. The van der Waals surface area contributed by atoms with Gasteiger partial charge in [-0.15, -0.1) is 0 Å². The quantitative estimate of drug-likeness (QED) is 0.849. The molecule has 0 aliphatic heterocycles. The molecule has 3 heteroatoms. The number of benzene rings is 2. The Balaban J connectivity index is 2.18. The number of ether oxygens (including phenoxy) is 1. The van der Waals surface area contributed by atoms with Crippen molar-refractivity contribution < 1.29 is 4.74 Å². The Hall–Kier alpha value is -1.48. The Bertz CT molecular complexity index is 554. The van der Waals surface area contributed by atoms with Crippen LogP contribution in [0.25, 0.3) is 0 Å². The van der Waals surface area contributed by atoms with E-state index in [2.05, 4.69) is 22.9 Å². The minimum absolute atomic E-state index is 0.0347. The number of rotatable bonds is 3. The Kier molecular flexibility index (Phi) is 3.92. The highest BCUT2D eigenvalue weighted by molar-refractivity contribution is 9.10. The van der Waals surface area contributed by atoms with Crippen molar-refractivity contribution in [3.05, 3.63) is 58.1 Å². The first-order valence-electron chi connectivity index (χ1n) is 5.84. The van der Waals surface area contributed by atoms with E-state index in [1.807, 2.05) is 49.4 Å². The molecule has 1 unspecified atom stereocenters. The lowest BCUT2D eigenvalue weighted by atomic mass is 10.1. The van der Waals surface area contributed by atoms with Crippen LogP contribution in [-0.2, 0) is 0 Å². The van der Waals surface area contributed by atoms with E-state index in [1.165, 1.54) is 5.56 Å². The first-order valence-corrected chi connectivity index (χ1v) is 6.64. The molecule has 0 aliphatic rings. The summed E-state index contributed by atoms with van der Waals surface area (Å²) in [6.07, 6.45) is -0.0347. The first kappa shape index (κ1) is 13.0. The standard InChI is InChI=1S/C15H16BrNO/c1-10-6-7-15(14(16)8-10)18-11(2)12-4-3-5-13(17)9-12/h3-9,11H,17H2,1-2H3. The second kappa shape index (κ2) is 5.44. The van der Waals surface area contributed by atoms with Crippen LogP contribution in [0.2, 0.25) is 0 Å². The number of nitrogens with two attached hydrogens (primary N) is 1. The molecule has 2 N–H and O–H groups in total. The summed E-state index contributed by atoms with van der Waals surface area (Å²) in [5, 5.41) is 0. The van der Waals surface area contributed by atoms with Crippen LogP contribution in [0, 0.1) is 6.92 Å². The number of hydrogen-bond acceptors (Lipinski definition) is 2. The van der Waals surface area contributed by atoms with Crippen molar-refractivity contribution in [1.29, 1.82) is 0 Å². The van der Waals surface area contributed by atoms with Crippen LogP contribution < -0.4 is 10.5 Å². The topological polar surface area (TPSA) is 35.2 Å². The molecule has 0 aromatic heterocycles. The van der Waals surface area contributed by atoms with Crippen LogP contribution >= 0.6 is 15.9 Å². The third-order valence-corrected chi connectivity index (χ3v) is 3.39. The lowest BCUT2D eigenvalue weighted by molar-refractivity contribution is 0.225. The molecule has 0 heterocycles. The zero-order chi connectivity index (χ0) is 13.1. The van der Waals surface area contributed by atoms with Crippen molar-refractivity contribution >= 4 is 21.6 Å². The van der Waals surface area contributed by atoms with Crippen molar-refractivity contribution in [2.75, 3.05) is 5.73 Å². The molecule has 2 nitrogen and oxygen atoms in total. The SMILES string of the molecule is Cc1ccc(OC(C)c2cccc(N)c2)c(Br)c1. The molecule has 18 heavy (non-hydrogen) atoms. The van der Waals surface area contributed by atoms with E-state index < -0.39 is 0 Å². The van der Waals surface area contributed by atoms with Crippen molar-refractivity contribution in [2.24, 2.45) is 0 Å². The highest BCUT2D eigenvalue weighted by Crippen LogP contribution is 2.30. The lowest BCUT2D eigenvalue weighted by Crippen LogP contribution is -2.04. The maximum atomic E-state index is 5.94. The largest absolute Gasteiger partial charge is 0.485 e. The second-order valence-corrected chi connectivity index (χ2v) is 5.22. The van der Waals surface area contributed by atoms with E-state index in [9.17, 15) is 0 Å². The normalized spacial score (nSPS) is 12.2. The summed E-state index contributed by atoms with van der Waals surface area (Å²) in [5.41, 5.74) is 8.80. The summed E-state index contributed by atoms with van der Waals surface area (Å²) in [5.74, 6) is 0.843. The molecular weight excluding hydrogens is 290 g/mol. The molecule has 1 atom stereocenters. The van der Waals surface area contributed by atoms with Crippen molar-refractivity contribution in [2.45, 2.75) is 20.0 Å². The predicted octanol–water partition coefficient (Wildman–Crippen LogP) is 4.48. The van der Waals surface area contributed by atoms with Gasteiger partial charge in [0.1, 0.15) is 11.9 Å². The minimum atomic E-state index is -0.0347. The number of anilines is 1. The Morgan fingerprint density at radius 3 is 2.61 bits per heavy atom. The molecule has 0 saturated heterocycles. The monoisotopic (exact) mass is 305 g/mol. The van der Waals surface area contributed by atoms with Crippen molar-refractivity contribution in [1.82, 2.24) is 0 Å². The molecule has 2 aromatic rings. The number of nitrogen functional groups attached to an aromatic ring is 1. The van der Waals surface area contributed by atoms with E-state index >= 15 is 0 Å². The molecule has 2 aromatic carbocycles. The molecule has 0 fully saturated rings. The maximum Gasteiger partial charge on any atom is 0.134 e. The number of hydrogen-bond donors (Lipinski definition) is 1. The predicted molar refractivity (Wildman–Crippen MR) is 78.8 cm³/mol. The first-order chi connectivity index (χ1) is 8.56. The van der Waals surface area contributed by atoms with Crippen molar-refractivity contribution in [3.8, 4) is 5.75 Å². The van der Waals surface area contributed by atoms with Gasteiger partial charge in [-0.1, -0.05) is 18.2 Å². The average molecular weight is 306 g/mol. The summed E-state index contributed by atoms with van der Waals surface area (Å²) in [6, 6.07) is 13.8. The fourth-order valence-corrected chi connectivity index (χ4v) is 2.36. The average Bonchev–Trinajstić information content (AvgIpc) is 2.32. The van der Waals surface area contributed by atoms with Gasteiger partial charge in [-0.25, -0.2) is 0 Å². The smallest absolute Gasteiger partial charge is 0.134 e. The highest BCUT2D eigenvalue weighted by Gasteiger charge is 2.09. The molecule has 94 valence electrons. The van der Waals surface area contributed by atoms with E-state index in [1.54, 1.807) is 0 Å². The van der Waals surface area contributed by atoms with Gasteiger partial charge in [0.05, 0.1) is 4.47 Å². The Morgan fingerprint density at radius 2 is 1.94 bits per heavy atom. The summed E-state index contributed by atoms with van der Waals surface area (Å²) in [7, 11) is 0. The van der Waals surface area contributed by atoms with E-state index in [4.69, 9.17) is 10.5 Å². The summed E-state index contributed by atoms with van der Waals surface area (Å²) < 4.78 is 6.91. The highest BCUT2D eigenvalue weighted by atomic mass is 79.9. The van der Waals surface area contributed by atoms with E-state index in [0.717, 1.165) is 21.5 Å². The number of halogens is 1. The van der Waals surface area contributed by atoms with Crippen LogP contribution in [0.1, 0.15) is 24.2 Å². The van der Waals surface area contributed by atoms with Crippen molar-refractivity contribution in [3.63, 3.8) is 0 Å². The molecule has 0 aliphatic carbocycles.